The van der Waals surface area contributed by atoms with Gasteiger partial charge in [0, 0.05) is 31.2 Å². The highest BCUT2D eigenvalue weighted by atomic mass is 35.5. The lowest BCUT2D eigenvalue weighted by atomic mass is 10.1. The summed E-state index contributed by atoms with van der Waals surface area (Å²) in [5.74, 6) is -1.12. The molecule has 2 amide bonds. The van der Waals surface area contributed by atoms with Crippen molar-refractivity contribution in [1.82, 2.24) is 24.5 Å². The van der Waals surface area contributed by atoms with Gasteiger partial charge in [-0.2, -0.15) is 0 Å². The molecule has 0 bridgehead atoms. The fraction of sp³-hybridized carbons (Fsp3) is 0.375. The molecule has 1 saturated heterocycles. The first-order chi connectivity index (χ1) is 17.6. The maximum atomic E-state index is 12.9. The number of imidazole rings is 1. The van der Waals surface area contributed by atoms with Crippen LogP contribution in [0.25, 0.3) is 10.8 Å². The van der Waals surface area contributed by atoms with Gasteiger partial charge in [0.15, 0.2) is 9.84 Å². The van der Waals surface area contributed by atoms with Gasteiger partial charge in [0.05, 0.1) is 28.6 Å². The zero-order chi connectivity index (χ0) is 26.5. The Morgan fingerprint density at radius 1 is 1.11 bits per heavy atom. The minimum Gasteiger partial charge on any atom is -0.388 e. The van der Waals surface area contributed by atoms with Gasteiger partial charge in [-0.1, -0.05) is 23.7 Å². The lowest BCUT2D eigenvalue weighted by Crippen LogP contribution is -2.57. The number of sulfone groups is 1. The number of amides is 2. The van der Waals surface area contributed by atoms with E-state index in [2.05, 4.69) is 4.98 Å². The Bertz CT molecular complexity index is 1500. The summed E-state index contributed by atoms with van der Waals surface area (Å²) in [7, 11) is -3.93. The number of hydrogen-bond donors (Lipinski definition) is 2. The highest BCUT2D eigenvalue weighted by Gasteiger charge is 2.38. The van der Waals surface area contributed by atoms with Crippen LogP contribution in [0.1, 0.15) is 17.2 Å². The number of aliphatic hydroxyl groups excluding tert-OH is 2. The van der Waals surface area contributed by atoms with Crippen molar-refractivity contribution in [1.29, 1.82) is 0 Å². The van der Waals surface area contributed by atoms with Crippen LogP contribution in [0.3, 0.4) is 0 Å². The Balaban J connectivity index is 1.21. The summed E-state index contributed by atoms with van der Waals surface area (Å²) in [5.41, 5.74) is 1.39. The van der Waals surface area contributed by atoms with Crippen molar-refractivity contribution in [3.05, 3.63) is 58.6 Å². The van der Waals surface area contributed by atoms with Crippen molar-refractivity contribution in [3.8, 4) is 0 Å². The summed E-state index contributed by atoms with van der Waals surface area (Å²) in [6.07, 6.45) is -1.72. The minimum atomic E-state index is -3.93. The Kier molecular flexibility index (Phi) is 6.71. The van der Waals surface area contributed by atoms with Crippen LogP contribution in [0.2, 0.25) is 5.02 Å². The lowest BCUT2D eigenvalue weighted by Gasteiger charge is -2.39. The molecule has 37 heavy (non-hydrogen) atoms. The molecule has 11 nitrogen and oxygen atoms in total. The highest BCUT2D eigenvalue weighted by molar-refractivity contribution is 7.91. The molecule has 2 aliphatic heterocycles. The van der Waals surface area contributed by atoms with E-state index in [1.807, 2.05) is 5.01 Å². The van der Waals surface area contributed by atoms with Crippen molar-refractivity contribution in [2.24, 2.45) is 0 Å². The molecule has 3 aromatic rings. The van der Waals surface area contributed by atoms with Crippen molar-refractivity contribution in [2.75, 3.05) is 31.9 Å². The summed E-state index contributed by atoms with van der Waals surface area (Å²) in [4.78, 5) is 31.4. The molecule has 0 unspecified atom stereocenters. The second-order valence-corrected chi connectivity index (χ2v) is 11.6. The van der Waals surface area contributed by atoms with Crippen LogP contribution in [0.15, 0.2) is 41.3 Å². The number of benzene rings is 2. The molecule has 13 heteroatoms. The summed E-state index contributed by atoms with van der Waals surface area (Å²) in [5, 5.41) is 25.4. The SMILES string of the molecule is Cc1nc(CO)n2c1CN(N1CCN(C(=O)[C@H](O)CS(=O)(=O)c3ccc4cc(Cl)ccc4c3)CC1)C2=O. The third-order valence-corrected chi connectivity index (χ3v) is 8.76. The van der Waals surface area contributed by atoms with Gasteiger partial charge in [0.2, 0.25) is 0 Å². The van der Waals surface area contributed by atoms with Crippen molar-refractivity contribution < 1.29 is 28.2 Å². The Morgan fingerprint density at radius 3 is 2.49 bits per heavy atom. The lowest BCUT2D eigenvalue weighted by molar-refractivity contribution is -0.143. The first kappa shape index (κ1) is 25.6. The molecule has 3 heterocycles. The predicted molar refractivity (Wildman–Crippen MR) is 134 cm³/mol. The van der Waals surface area contributed by atoms with Crippen molar-refractivity contribution in [2.45, 2.75) is 31.1 Å². The Labute approximate surface area is 218 Å². The summed E-state index contributed by atoms with van der Waals surface area (Å²) < 4.78 is 27.3. The third kappa shape index (κ3) is 4.71. The fourth-order valence-electron chi connectivity index (χ4n) is 4.82. The van der Waals surface area contributed by atoms with Crippen LogP contribution >= 0.6 is 11.6 Å². The van der Waals surface area contributed by atoms with E-state index in [0.717, 1.165) is 5.39 Å². The molecule has 5 rings (SSSR count). The van der Waals surface area contributed by atoms with Gasteiger partial charge >= 0.3 is 6.03 Å². The average Bonchev–Trinajstić information content (AvgIpc) is 3.39. The number of nitrogens with zero attached hydrogens (tertiary/aromatic N) is 5. The molecule has 2 aliphatic rings. The third-order valence-electron chi connectivity index (χ3n) is 6.80. The number of rotatable bonds is 6. The monoisotopic (exact) mass is 547 g/mol. The zero-order valence-electron chi connectivity index (χ0n) is 20.0. The molecular formula is C24H26ClN5O6S. The molecule has 0 aliphatic carbocycles. The van der Waals surface area contributed by atoms with Crippen LogP contribution < -0.4 is 0 Å². The molecular weight excluding hydrogens is 522 g/mol. The molecule has 1 fully saturated rings. The quantitative estimate of drug-likeness (QED) is 0.469. The first-order valence-electron chi connectivity index (χ1n) is 11.7. The number of piperazine rings is 1. The summed E-state index contributed by atoms with van der Waals surface area (Å²) >= 11 is 5.98. The van der Waals surface area contributed by atoms with Crippen LogP contribution in [0, 0.1) is 6.92 Å². The molecule has 0 saturated carbocycles. The van der Waals surface area contributed by atoms with E-state index in [0.29, 0.717) is 41.4 Å². The number of carbonyl (C=O) groups is 2. The van der Waals surface area contributed by atoms with Gasteiger partial charge in [-0.15, -0.1) is 0 Å². The Morgan fingerprint density at radius 2 is 1.78 bits per heavy atom. The molecule has 1 atom stereocenters. The maximum Gasteiger partial charge on any atom is 0.344 e. The van der Waals surface area contributed by atoms with E-state index in [1.165, 1.54) is 21.6 Å². The van der Waals surface area contributed by atoms with E-state index >= 15 is 0 Å². The largest absolute Gasteiger partial charge is 0.388 e. The zero-order valence-corrected chi connectivity index (χ0v) is 21.6. The standard InChI is InChI=1S/C24H26ClN5O6S/c1-15-20-12-29(24(34)30(20)22(13-31)26-15)28-8-6-27(7-9-28)23(33)21(32)14-37(35,36)19-5-3-16-10-18(25)4-2-17(16)11-19/h2-5,10-11,21,31-32H,6-9,12-14H2,1H3/t21-/m1/s1. The van der Waals surface area contributed by atoms with Gasteiger partial charge in [-0.3, -0.25) is 9.80 Å². The molecule has 2 aromatic carbocycles. The van der Waals surface area contributed by atoms with E-state index in [4.69, 9.17) is 11.6 Å². The van der Waals surface area contributed by atoms with E-state index in [-0.39, 0.29) is 36.4 Å². The van der Waals surface area contributed by atoms with Crippen molar-refractivity contribution >= 4 is 44.1 Å². The molecule has 1 aromatic heterocycles. The normalized spacial score (nSPS) is 17.5. The van der Waals surface area contributed by atoms with E-state index in [9.17, 15) is 28.2 Å². The van der Waals surface area contributed by atoms with Crippen LogP contribution in [0.5, 0.6) is 0 Å². The van der Waals surface area contributed by atoms with Gasteiger partial charge in [0.1, 0.15) is 18.5 Å². The van der Waals surface area contributed by atoms with Crippen LogP contribution in [-0.4, -0.2) is 93.1 Å². The minimum absolute atomic E-state index is 0.0162. The van der Waals surface area contributed by atoms with E-state index < -0.39 is 27.6 Å². The average molecular weight is 548 g/mol. The number of hydrogen-bond acceptors (Lipinski definition) is 8. The highest BCUT2D eigenvalue weighted by Crippen LogP contribution is 2.26. The predicted octanol–water partition coefficient (Wildman–Crippen LogP) is 1.17. The first-order valence-corrected chi connectivity index (χ1v) is 13.8. The smallest absolute Gasteiger partial charge is 0.344 e. The number of fused-ring (bicyclic) bond motifs is 2. The number of hydrazine groups is 1. The van der Waals surface area contributed by atoms with Gasteiger partial charge < -0.3 is 15.1 Å². The number of aliphatic hydroxyl groups is 2. The number of aromatic nitrogens is 2. The fourth-order valence-corrected chi connectivity index (χ4v) is 6.33. The topological polar surface area (TPSA) is 136 Å². The van der Waals surface area contributed by atoms with Crippen LogP contribution in [-0.2, 0) is 27.8 Å². The number of halogens is 1. The second-order valence-electron chi connectivity index (χ2n) is 9.12. The Hall–Kier alpha value is -3.03. The van der Waals surface area contributed by atoms with Gasteiger partial charge in [-0.05, 0) is 42.0 Å². The van der Waals surface area contributed by atoms with Crippen molar-refractivity contribution in [3.63, 3.8) is 0 Å². The number of aryl methyl sites for hydroxylation is 1. The van der Waals surface area contributed by atoms with E-state index in [1.54, 1.807) is 36.2 Å². The molecule has 0 radical (unpaired) electrons. The second kappa shape index (κ2) is 9.69. The summed E-state index contributed by atoms with van der Waals surface area (Å²) in [6, 6.07) is 9.35. The molecule has 196 valence electrons. The molecule has 2 N–H and O–H groups in total. The maximum absolute atomic E-state index is 12.9. The summed E-state index contributed by atoms with van der Waals surface area (Å²) in [6.45, 7) is 2.83. The van der Waals surface area contributed by atoms with Crippen LogP contribution in [0.4, 0.5) is 4.79 Å². The molecule has 0 spiro atoms. The van der Waals surface area contributed by atoms with Gasteiger partial charge in [0.25, 0.3) is 5.91 Å². The van der Waals surface area contributed by atoms with Gasteiger partial charge in [-0.25, -0.2) is 27.8 Å². The number of carbonyl (C=O) groups excluding carboxylic acids is 2.